The van der Waals surface area contributed by atoms with Crippen LogP contribution in [0.1, 0.15) is 19.8 Å². The van der Waals surface area contributed by atoms with E-state index in [0.29, 0.717) is 5.76 Å². The molecule has 0 saturated heterocycles. The lowest BCUT2D eigenvalue weighted by molar-refractivity contribution is 0.294. The van der Waals surface area contributed by atoms with Gasteiger partial charge in [0.05, 0.1) is 7.11 Å². The Kier molecular flexibility index (Phi) is 4.29. The zero-order valence-corrected chi connectivity index (χ0v) is 10.0. The zero-order valence-electron chi connectivity index (χ0n) is 9.12. The number of hydrogen-bond acceptors (Lipinski definition) is 4. The quantitative estimate of drug-likeness (QED) is 0.572. The van der Waals surface area contributed by atoms with Crippen molar-refractivity contribution in [3.8, 4) is 0 Å². The summed E-state index contributed by atoms with van der Waals surface area (Å²) in [6.07, 6.45) is 3.34. The Morgan fingerprint density at radius 2 is 2.33 bits per heavy atom. The van der Waals surface area contributed by atoms with Crippen LogP contribution in [-0.4, -0.2) is 13.2 Å². The van der Waals surface area contributed by atoms with Crippen molar-refractivity contribution >= 4 is 12.9 Å². The maximum Gasteiger partial charge on any atom is 0.143 e. The van der Waals surface area contributed by atoms with Crippen LogP contribution >= 0.6 is 12.9 Å². The molecule has 0 amide bonds. The molecular weight excluding hydrogens is 210 g/mol. The van der Waals surface area contributed by atoms with E-state index in [1.807, 2.05) is 6.92 Å². The highest BCUT2D eigenvalue weighted by atomic mass is 32.1. The van der Waals surface area contributed by atoms with Crippen molar-refractivity contribution < 1.29 is 8.92 Å². The van der Waals surface area contributed by atoms with Crippen molar-refractivity contribution in [1.29, 1.82) is 0 Å². The molecule has 1 atom stereocenters. The third-order valence-electron chi connectivity index (χ3n) is 2.27. The lowest BCUT2D eigenvalue weighted by Crippen LogP contribution is -2.17. The third-order valence-corrected chi connectivity index (χ3v) is 2.47. The maximum absolute atomic E-state index is 5.77. The summed E-state index contributed by atoms with van der Waals surface area (Å²) in [5.41, 5.74) is 7.83. The van der Waals surface area contributed by atoms with Gasteiger partial charge < -0.3 is 14.7 Å². The van der Waals surface area contributed by atoms with Crippen LogP contribution in [0.5, 0.6) is 0 Å². The molecule has 15 heavy (non-hydrogen) atoms. The smallest absolute Gasteiger partial charge is 0.143 e. The molecule has 3 nitrogen and oxygen atoms in total. The van der Waals surface area contributed by atoms with Gasteiger partial charge in [0.2, 0.25) is 0 Å². The van der Waals surface area contributed by atoms with Crippen molar-refractivity contribution in [2.45, 2.75) is 25.8 Å². The van der Waals surface area contributed by atoms with Crippen LogP contribution in [0.25, 0.3) is 0 Å². The largest absolute Gasteiger partial charge is 0.497 e. The molecule has 1 aliphatic rings. The van der Waals surface area contributed by atoms with Gasteiger partial charge in [-0.2, -0.15) is 0 Å². The summed E-state index contributed by atoms with van der Waals surface area (Å²) >= 11 is 3.77. The van der Waals surface area contributed by atoms with Gasteiger partial charge in [-0.25, -0.2) is 0 Å². The second-order valence-corrected chi connectivity index (χ2v) is 3.92. The normalized spacial score (nSPS) is 18.7. The molecule has 0 spiro atoms. The van der Waals surface area contributed by atoms with Crippen LogP contribution in [-0.2, 0) is 8.92 Å². The summed E-state index contributed by atoms with van der Waals surface area (Å²) < 4.78 is 10.2. The van der Waals surface area contributed by atoms with Gasteiger partial charge in [0, 0.05) is 31.4 Å². The highest BCUT2D eigenvalue weighted by Crippen LogP contribution is 2.31. The van der Waals surface area contributed by atoms with Crippen molar-refractivity contribution in [3.05, 3.63) is 35.3 Å². The van der Waals surface area contributed by atoms with E-state index in [9.17, 15) is 0 Å². The van der Waals surface area contributed by atoms with Gasteiger partial charge in [-0.05, 0) is 24.5 Å². The fraction of sp³-hybridized carbons (Fsp3) is 0.455. The molecule has 0 radical (unpaired) electrons. The van der Waals surface area contributed by atoms with E-state index in [0.717, 1.165) is 29.7 Å². The minimum absolute atomic E-state index is 0.116. The van der Waals surface area contributed by atoms with Crippen LogP contribution in [0.15, 0.2) is 35.3 Å². The standard InChI is InChI=1S/C11H17NO2S/c1-7-4-9(5-8(2)12)11(13-3)6-10(7)14-15/h6,8,15H,1,4-5,12H2,2-3H3. The predicted molar refractivity (Wildman–Crippen MR) is 64.2 cm³/mol. The summed E-state index contributed by atoms with van der Waals surface area (Å²) in [6.45, 7) is 5.89. The average Bonchev–Trinajstić information content (AvgIpc) is 2.17. The van der Waals surface area contributed by atoms with Gasteiger partial charge in [0.1, 0.15) is 11.5 Å². The summed E-state index contributed by atoms with van der Waals surface area (Å²) in [4.78, 5) is 0. The molecule has 0 aromatic heterocycles. The number of nitrogens with two attached hydrogens (primary N) is 1. The number of thiol groups is 1. The number of rotatable bonds is 4. The van der Waals surface area contributed by atoms with Crippen LogP contribution in [0, 0.1) is 0 Å². The van der Waals surface area contributed by atoms with E-state index in [1.165, 1.54) is 0 Å². The maximum atomic E-state index is 5.77. The Labute approximate surface area is 96.2 Å². The molecule has 0 saturated carbocycles. The molecule has 0 fully saturated rings. The van der Waals surface area contributed by atoms with Gasteiger partial charge in [-0.15, -0.1) is 0 Å². The van der Waals surface area contributed by atoms with Gasteiger partial charge in [-0.3, -0.25) is 0 Å². The van der Waals surface area contributed by atoms with Crippen LogP contribution in [0.2, 0.25) is 0 Å². The molecule has 4 heteroatoms. The van der Waals surface area contributed by atoms with E-state index in [1.54, 1.807) is 13.2 Å². The minimum Gasteiger partial charge on any atom is -0.497 e. The summed E-state index contributed by atoms with van der Waals surface area (Å²) in [7, 11) is 1.64. The Balaban J connectivity index is 2.94. The van der Waals surface area contributed by atoms with Crippen molar-refractivity contribution in [2.24, 2.45) is 5.73 Å². The second-order valence-electron chi connectivity index (χ2n) is 3.73. The molecular formula is C11H17NO2S. The van der Waals surface area contributed by atoms with Gasteiger partial charge in [-0.1, -0.05) is 6.58 Å². The Morgan fingerprint density at radius 1 is 1.67 bits per heavy atom. The first kappa shape index (κ1) is 12.2. The lowest BCUT2D eigenvalue weighted by Gasteiger charge is -2.21. The molecule has 0 aromatic rings. The Morgan fingerprint density at radius 3 is 2.80 bits per heavy atom. The monoisotopic (exact) mass is 227 g/mol. The van der Waals surface area contributed by atoms with E-state index in [2.05, 4.69) is 19.5 Å². The summed E-state index contributed by atoms with van der Waals surface area (Å²) in [6, 6.07) is 0.116. The molecule has 1 unspecified atom stereocenters. The topological polar surface area (TPSA) is 44.5 Å². The molecule has 0 aliphatic heterocycles. The SMILES string of the molecule is C=C1CC(CC(C)N)=C(OC)C=C1OS. The lowest BCUT2D eigenvalue weighted by atomic mass is 9.93. The first-order valence-electron chi connectivity index (χ1n) is 4.81. The minimum atomic E-state index is 0.116. The molecule has 1 aliphatic carbocycles. The zero-order chi connectivity index (χ0) is 11.4. The third kappa shape index (κ3) is 3.04. The van der Waals surface area contributed by atoms with Gasteiger partial charge in [0.25, 0.3) is 0 Å². The Bertz CT molecular complexity index is 319. The van der Waals surface area contributed by atoms with Crippen molar-refractivity contribution in [3.63, 3.8) is 0 Å². The number of hydrogen-bond donors (Lipinski definition) is 2. The molecule has 0 bridgehead atoms. The summed E-state index contributed by atoms with van der Waals surface area (Å²) in [5, 5.41) is 0. The molecule has 2 N–H and O–H groups in total. The number of allylic oxidation sites excluding steroid dienone is 2. The molecule has 0 heterocycles. The average molecular weight is 227 g/mol. The van der Waals surface area contributed by atoms with Gasteiger partial charge >= 0.3 is 0 Å². The second kappa shape index (κ2) is 5.28. The molecule has 1 rings (SSSR count). The highest BCUT2D eigenvalue weighted by Gasteiger charge is 2.18. The highest BCUT2D eigenvalue weighted by molar-refractivity contribution is 7.75. The first-order chi connectivity index (χ1) is 7.08. The molecule has 84 valence electrons. The van der Waals surface area contributed by atoms with Gasteiger partial charge in [0.15, 0.2) is 0 Å². The van der Waals surface area contributed by atoms with E-state index in [4.69, 9.17) is 14.7 Å². The molecule has 0 aromatic carbocycles. The number of ether oxygens (including phenoxy) is 1. The fourth-order valence-corrected chi connectivity index (χ4v) is 1.79. The fourth-order valence-electron chi connectivity index (χ4n) is 1.61. The van der Waals surface area contributed by atoms with E-state index >= 15 is 0 Å². The van der Waals surface area contributed by atoms with Crippen LogP contribution < -0.4 is 5.73 Å². The Hall–Kier alpha value is -0.870. The van der Waals surface area contributed by atoms with Crippen molar-refractivity contribution in [1.82, 2.24) is 0 Å². The van der Waals surface area contributed by atoms with Crippen LogP contribution in [0.4, 0.5) is 0 Å². The van der Waals surface area contributed by atoms with Crippen molar-refractivity contribution in [2.75, 3.05) is 7.11 Å². The van der Waals surface area contributed by atoms with E-state index in [-0.39, 0.29) is 6.04 Å². The van der Waals surface area contributed by atoms with Crippen LogP contribution in [0.3, 0.4) is 0 Å². The number of methoxy groups -OCH3 is 1. The first-order valence-corrected chi connectivity index (χ1v) is 5.17. The van der Waals surface area contributed by atoms with E-state index < -0.39 is 0 Å². The summed E-state index contributed by atoms with van der Waals surface area (Å²) in [5.74, 6) is 1.47. The predicted octanol–water partition coefficient (Wildman–Crippen LogP) is 2.33.